The van der Waals surface area contributed by atoms with Gasteiger partial charge in [0.2, 0.25) is 15.8 Å². The Morgan fingerprint density at radius 2 is 1.81 bits per heavy atom. The fourth-order valence-corrected chi connectivity index (χ4v) is 3.85. The first-order valence-electron chi connectivity index (χ1n) is 10.1. The van der Waals surface area contributed by atoms with Crippen molar-refractivity contribution in [1.29, 1.82) is 0 Å². The summed E-state index contributed by atoms with van der Waals surface area (Å²) in [4.78, 5) is 24.6. The van der Waals surface area contributed by atoms with Crippen LogP contribution in [-0.2, 0) is 26.1 Å². The van der Waals surface area contributed by atoms with E-state index in [2.05, 4.69) is 23.1 Å². The Morgan fingerprint density at radius 3 is 2.39 bits per heavy atom. The first-order valence-corrected chi connectivity index (χ1v) is 11.6. The van der Waals surface area contributed by atoms with Crippen LogP contribution in [0.15, 0.2) is 41.3 Å². The van der Waals surface area contributed by atoms with E-state index in [1.165, 1.54) is 31.3 Å². The topological polar surface area (TPSA) is 94.5 Å². The van der Waals surface area contributed by atoms with Crippen molar-refractivity contribution in [2.45, 2.75) is 45.6 Å². The normalized spacial score (nSPS) is 11.9. The number of carbonyl (C=O) groups excluding carboxylic acids is 2. The molecule has 0 bridgehead atoms. The minimum Gasteiger partial charge on any atom is -0.454 e. The summed E-state index contributed by atoms with van der Waals surface area (Å²) in [6.45, 7) is 8.69. The molecule has 0 radical (unpaired) electrons. The van der Waals surface area contributed by atoms with Gasteiger partial charge < -0.3 is 9.30 Å². The molecule has 0 amide bonds. The van der Waals surface area contributed by atoms with Crippen LogP contribution in [-0.4, -0.2) is 38.4 Å². The van der Waals surface area contributed by atoms with Gasteiger partial charge in [0, 0.05) is 29.6 Å². The van der Waals surface area contributed by atoms with E-state index in [0.717, 1.165) is 24.4 Å². The van der Waals surface area contributed by atoms with Crippen LogP contribution in [0.3, 0.4) is 0 Å². The SMILES string of the molecule is CNS(=O)(=O)c1ccc(/C=C/C(=O)OCC(=O)c2cc(C)n(CCC(C)C)c2C)cc1. The van der Waals surface area contributed by atoms with Gasteiger partial charge in [-0.2, -0.15) is 0 Å². The van der Waals surface area contributed by atoms with E-state index in [-0.39, 0.29) is 17.3 Å². The Labute approximate surface area is 184 Å². The maximum atomic E-state index is 12.5. The predicted octanol–water partition coefficient (Wildman–Crippen LogP) is 3.50. The number of carbonyl (C=O) groups is 2. The molecule has 0 aliphatic carbocycles. The Bertz CT molecular complexity index is 1060. The maximum absolute atomic E-state index is 12.5. The van der Waals surface area contributed by atoms with E-state index in [0.29, 0.717) is 17.0 Å². The van der Waals surface area contributed by atoms with Gasteiger partial charge in [0.15, 0.2) is 6.61 Å². The number of Topliss-reactive ketones (excluding diaryl/α,β-unsaturated/α-hetero) is 1. The molecule has 0 fully saturated rings. The number of nitrogens with zero attached hydrogens (tertiary/aromatic N) is 1. The largest absolute Gasteiger partial charge is 0.454 e. The summed E-state index contributed by atoms with van der Waals surface area (Å²) in [5, 5.41) is 0. The molecule has 1 N–H and O–H groups in total. The number of rotatable bonds is 10. The lowest BCUT2D eigenvalue weighted by atomic mass is 10.1. The highest BCUT2D eigenvalue weighted by atomic mass is 32.2. The third-order valence-corrected chi connectivity index (χ3v) is 6.45. The van der Waals surface area contributed by atoms with Gasteiger partial charge in [0.1, 0.15) is 0 Å². The molecular formula is C23H30N2O5S. The van der Waals surface area contributed by atoms with Crippen molar-refractivity contribution in [3.05, 3.63) is 58.9 Å². The summed E-state index contributed by atoms with van der Waals surface area (Å²) in [7, 11) is -2.17. The minimum atomic E-state index is -3.51. The quantitative estimate of drug-likeness (QED) is 0.342. The average Bonchev–Trinajstić information content (AvgIpc) is 3.02. The first kappa shape index (κ1) is 24.6. The van der Waals surface area contributed by atoms with Crippen molar-refractivity contribution in [2.75, 3.05) is 13.7 Å². The van der Waals surface area contributed by atoms with Crippen molar-refractivity contribution < 1.29 is 22.7 Å². The highest BCUT2D eigenvalue weighted by Gasteiger charge is 2.17. The molecule has 0 atom stereocenters. The third kappa shape index (κ3) is 6.63. The molecule has 1 aromatic carbocycles. The molecule has 8 heteroatoms. The molecule has 0 aliphatic heterocycles. The van der Waals surface area contributed by atoms with Crippen LogP contribution in [0.1, 0.15) is 47.6 Å². The monoisotopic (exact) mass is 446 g/mol. The van der Waals surface area contributed by atoms with Crippen molar-refractivity contribution in [1.82, 2.24) is 9.29 Å². The molecule has 0 unspecified atom stereocenters. The zero-order valence-corrected chi connectivity index (χ0v) is 19.5. The standard InChI is InChI=1S/C23H30N2O5S/c1-16(2)12-13-25-17(3)14-21(18(25)4)22(26)15-30-23(27)11-8-19-6-9-20(10-7-19)31(28,29)24-5/h6-11,14,16,24H,12-13,15H2,1-5H3/b11-8+. The summed E-state index contributed by atoms with van der Waals surface area (Å²) >= 11 is 0. The van der Waals surface area contributed by atoms with E-state index >= 15 is 0 Å². The summed E-state index contributed by atoms with van der Waals surface area (Å²) in [6.07, 6.45) is 3.73. The van der Waals surface area contributed by atoms with Crippen molar-refractivity contribution >= 4 is 27.9 Å². The van der Waals surface area contributed by atoms with Crippen molar-refractivity contribution in [3.8, 4) is 0 Å². The Balaban J connectivity index is 1.95. The van der Waals surface area contributed by atoms with E-state index in [1.54, 1.807) is 12.1 Å². The summed E-state index contributed by atoms with van der Waals surface area (Å²) in [5.74, 6) is -0.321. The van der Waals surface area contributed by atoms with Gasteiger partial charge in [-0.05, 0) is 63.1 Å². The smallest absolute Gasteiger partial charge is 0.331 e. The number of nitrogens with one attached hydrogen (secondary N) is 1. The van der Waals surface area contributed by atoms with Crippen molar-refractivity contribution in [3.63, 3.8) is 0 Å². The average molecular weight is 447 g/mol. The van der Waals surface area contributed by atoms with E-state index < -0.39 is 16.0 Å². The zero-order chi connectivity index (χ0) is 23.2. The number of hydrogen-bond acceptors (Lipinski definition) is 5. The van der Waals surface area contributed by atoms with Crippen LogP contribution < -0.4 is 4.72 Å². The van der Waals surface area contributed by atoms with Gasteiger partial charge in [-0.3, -0.25) is 4.79 Å². The number of aryl methyl sites for hydroxylation is 1. The molecule has 2 rings (SSSR count). The number of ketones is 1. The molecule has 0 spiro atoms. The molecule has 168 valence electrons. The van der Waals surface area contributed by atoms with Crippen molar-refractivity contribution in [2.24, 2.45) is 5.92 Å². The number of benzene rings is 1. The van der Waals surface area contributed by atoms with Crippen LogP contribution in [0.2, 0.25) is 0 Å². The Morgan fingerprint density at radius 1 is 1.16 bits per heavy atom. The fourth-order valence-electron chi connectivity index (χ4n) is 3.12. The Hall–Kier alpha value is -2.71. The Kier molecular flexibility index (Phi) is 8.36. The summed E-state index contributed by atoms with van der Waals surface area (Å²) in [6, 6.07) is 7.86. The third-order valence-electron chi connectivity index (χ3n) is 5.02. The lowest BCUT2D eigenvalue weighted by Gasteiger charge is -2.11. The predicted molar refractivity (Wildman–Crippen MR) is 120 cm³/mol. The molecule has 1 heterocycles. The molecule has 31 heavy (non-hydrogen) atoms. The second kappa shape index (κ2) is 10.5. The van der Waals surface area contributed by atoms with Gasteiger partial charge in [-0.25, -0.2) is 17.9 Å². The number of esters is 1. The lowest BCUT2D eigenvalue weighted by molar-refractivity contribution is -0.136. The number of sulfonamides is 1. The number of ether oxygens (including phenoxy) is 1. The highest BCUT2D eigenvalue weighted by molar-refractivity contribution is 7.89. The van der Waals surface area contributed by atoms with E-state index in [9.17, 15) is 18.0 Å². The molecule has 7 nitrogen and oxygen atoms in total. The van der Waals surface area contributed by atoms with E-state index in [1.807, 2.05) is 19.9 Å². The summed E-state index contributed by atoms with van der Waals surface area (Å²) < 4.78 is 32.9. The van der Waals surface area contributed by atoms with Crippen LogP contribution >= 0.6 is 0 Å². The van der Waals surface area contributed by atoms with Crippen LogP contribution in [0.5, 0.6) is 0 Å². The first-order chi connectivity index (χ1) is 14.5. The zero-order valence-electron chi connectivity index (χ0n) is 18.6. The van der Waals surface area contributed by atoms with Crippen LogP contribution in [0.25, 0.3) is 6.08 Å². The second-order valence-corrected chi connectivity index (χ2v) is 9.65. The van der Waals surface area contributed by atoms with E-state index in [4.69, 9.17) is 4.74 Å². The molecule has 1 aromatic heterocycles. The summed E-state index contributed by atoms with van der Waals surface area (Å²) in [5.41, 5.74) is 3.09. The number of aromatic nitrogens is 1. The van der Waals surface area contributed by atoms with Crippen LogP contribution in [0, 0.1) is 19.8 Å². The van der Waals surface area contributed by atoms with Crippen LogP contribution in [0.4, 0.5) is 0 Å². The maximum Gasteiger partial charge on any atom is 0.331 e. The fraction of sp³-hybridized carbons (Fsp3) is 0.391. The molecule has 0 aliphatic rings. The molecule has 2 aromatic rings. The van der Waals surface area contributed by atoms with Gasteiger partial charge in [-0.1, -0.05) is 26.0 Å². The van der Waals surface area contributed by atoms with Gasteiger partial charge in [0.05, 0.1) is 4.90 Å². The minimum absolute atomic E-state index is 0.131. The molecule has 0 saturated heterocycles. The molecule has 0 saturated carbocycles. The van der Waals surface area contributed by atoms with Gasteiger partial charge in [-0.15, -0.1) is 0 Å². The highest BCUT2D eigenvalue weighted by Crippen LogP contribution is 2.18. The number of hydrogen-bond donors (Lipinski definition) is 1. The molecular weight excluding hydrogens is 416 g/mol. The second-order valence-electron chi connectivity index (χ2n) is 7.76. The lowest BCUT2D eigenvalue weighted by Crippen LogP contribution is -2.18. The van der Waals surface area contributed by atoms with Gasteiger partial charge >= 0.3 is 5.97 Å². The van der Waals surface area contributed by atoms with Gasteiger partial charge in [0.25, 0.3) is 0 Å².